The van der Waals surface area contributed by atoms with Crippen molar-refractivity contribution in [3.8, 4) is 5.75 Å². The summed E-state index contributed by atoms with van der Waals surface area (Å²) in [6, 6.07) is 5.89. The second kappa shape index (κ2) is 7.62. The Morgan fingerprint density at radius 2 is 2.32 bits per heavy atom. The van der Waals surface area contributed by atoms with Crippen LogP contribution >= 0.6 is 11.3 Å². The van der Waals surface area contributed by atoms with Gasteiger partial charge in [-0.3, -0.25) is 4.79 Å². The molecule has 1 amide bonds. The van der Waals surface area contributed by atoms with Crippen molar-refractivity contribution in [3.05, 3.63) is 41.4 Å². The normalized spacial score (nSPS) is 12.4. The van der Waals surface area contributed by atoms with Crippen LogP contribution in [0, 0.1) is 6.92 Å². The number of fused-ring (bicyclic) bond motifs is 1. The van der Waals surface area contributed by atoms with Crippen LogP contribution in [0.5, 0.6) is 5.75 Å². The molecular formula is C17H20N4O3S. The highest BCUT2D eigenvalue weighted by atomic mass is 32.1. The number of nitrogens with two attached hydrogens (primary N) is 1. The number of benzene rings is 1. The maximum atomic E-state index is 11.0. The summed E-state index contributed by atoms with van der Waals surface area (Å²) in [5.74, 6) is 0.210. The first-order valence-corrected chi connectivity index (χ1v) is 8.82. The maximum absolute atomic E-state index is 11.0. The van der Waals surface area contributed by atoms with Crippen LogP contribution in [0.4, 0.5) is 0 Å². The zero-order chi connectivity index (χ0) is 17.8. The average Bonchev–Trinajstić information content (AvgIpc) is 3.16. The smallest absolute Gasteiger partial charge is 0.268 e. The lowest BCUT2D eigenvalue weighted by atomic mass is 10.2. The molecule has 0 fully saturated rings. The highest BCUT2D eigenvalue weighted by Gasteiger charge is 2.09. The molecule has 1 atom stereocenters. The monoisotopic (exact) mass is 360 g/mol. The molecule has 0 saturated carbocycles. The molecule has 0 spiro atoms. The molecular weight excluding hydrogens is 340 g/mol. The van der Waals surface area contributed by atoms with E-state index in [0.717, 1.165) is 21.0 Å². The highest BCUT2D eigenvalue weighted by molar-refractivity contribution is 7.18. The summed E-state index contributed by atoms with van der Waals surface area (Å²) in [7, 11) is 0. The summed E-state index contributed by atoms with van der Waals surface area (Å²) in [6.07, 6.45) is 3.79. The summed E-state index contributed by atoms with van der Waals surface area (Å²) < 4.78 is 8.54. The lowest BCUT2D eigenvalue weighted by Crippen LogP contribution is -2.16. The Morgan fingerprint density at radius 3 is 3.08 bits per heavy atom. The van der Waals surface area contributed by atoms with Gasteiger partial charge in [0.2, 0.25) is 0 Å². The second-order valence-corrected chi connectivity index (χ2v) is 7.06. The number of primary amides is 1. The number of aryl methyl sites for hydroxylation is 1. The zero-order valence-corrected chi connectivity index (χ0v) is 14.7. The number of aliphatic hydroxyl groups is 1. The first-order chi connectivity index (χ1) is 12.0. The Hall–Kier alpha value is -2.45. The van der Waals surface area contributed by atoms with Gasteiger partial charge in [-0.15, -0.1) is 11.3 Å². The van der Waals surface area contributed by atoms with Crippen LogP contribution < -0.4 is 10.5 Å². The topological polar surface area (TPSA) is 103 Å². The van der Waals surface area contributed by atoms with Gasteiger partial charge in [0.05, 0.1) is 34.3 Å². The lowest BCUT2D eigenvalue weighted by Gasteiger charge is -2.11. The first kappa shape index (κ1) is 17.4. The van der Waals surface area contributed by atoms with E-state index in [-0.39, 0.29) is 5.69 Å². The van der Waals surface area contributed by atoms with Crippen LogP contribution in [-0.2, 0) is 6.54 Å². The molecule has 0 aliphatic carbocycles. The number of rotatable bonds is 8. The Balaban J connectivity index is 1.42. The molecule has 2 heterocycles. The van der Waals surface area contributed by atoms with Gasteiger partial charge in [-0.25, -0.2) is 9.97 Å². The Labute approximate surface area is 149 Å². The number of aliphatic hydroxyl groups excluding tert-OH is 1. The standard InChI is InChI=1S/C17H20N4O3S/c1-11-20-14-7-13(4-5-16(14)25-11)24-6-2-3-12(22)8-21-9-15(17(18)23)19-10-21/h4-5,7,9-10,12,22H,2-3,6,8H2,1H3,(H2,18,23)/t12-/m0/s1. The fourth-order valence-electron chi connectivity index (χ4n) is 2.54. The number of ether oxygens (including phenoxy) is 1. The van der Waals surface area contributed by atoms with Crippen molar-refractivity contribution in [1.82, 2.24) is 14.5 Å². The van der Waals surface area contributed by atoms with Crippen LogP contribution in [-0.4, -0.2) is 38.3 Å². The number of thiazole rings is 1. The van der Waals surface area contributed by atoms with E-state index in [1.165, 1.54) is 12.5 Å². The summed E-state index contributed by atoms with van der Waals surface area (Å²) in [5.41, 5.74) is 6.30. The molecule has 0 bridgehead atoms. The molecule has 0 radical (unpaired) electrons. The number of nitrogens with zero attached hydrogens (tertiary/aromatic N) is 3. The molecule has 1 aromatic carbocycles. The largest absolute Gasteiger partial charge is 0.494 e. The van der Waals surface area contributed by atoms with Crippen molar-refractivity contribution in [1.29, 1.82) is 0 Å². The van der Waals surface area contributed by atoms with Gasteiger partial charge in [0.1, 0.15) is 11.4 Å². The predicted molar refractivity (Wildman–Crippen MR) is 95.8 cm³/mol. The molecule has 3 rings (SSSR count). The van der Waals surface area contributed by atoms with Crippen molar-refractivity contribution >= 4 is 27.5 Å². The molecule has 132 valence electrons. The zero-order valence-electron chi connectivity index (χ0n) is 13.9. The Bertz CT molecular complexity index is 874. The number of hydrogen-bond donors (Lipinski definition) is 2. The minimum absolute atomic E-state index is 0.197. The van der Waals surface area contributed by atoms with Gasteiger partial charge >= 0.3 is 0 Å². The highest BCUT2D eigenvalue weighted by Crippen LogP contribution is 2.25. The van der Waals surface area contributed by atoms with Crippen LogP contribution in [0.3, 0.4) is 0 Å². The van der Waals surface area contributed by atoms with Crippen molar-refractivity contribution in [2.45, 2.75) is 32.4 Å². The molecule has 0 aliphatic rings. The fourth-order valence-corrected chi connectivity index (χ4v) is 3.35. The molecule has 2 aromatic heterocycles. The van der Waals surface area contributed by atoms with Gasteiger partial charge in [0, 0.05) is 18.8 Å². The van der Waals surface area contributed by atoms with Gasteiger partial charge in [0.15, 0.2) is 0 Å². The van der Waals surface area contributed by atoms with Gasteiger partial charge in [0.25, 0.3) is 5.91 Å². The van der Waals surface area contributed by atoms with Crippen LogP contribution in [0.2, 0.25) is 0 Å². The van der Waals surface area contributed by atoms with E-state index < -0.39 is 12.0 Å². The number of hydrogen-bond acceptors (Lipinski definition) is 6. The summed E-state index contributed by atoms with van der Waals surface area (Å²) in [4.78, 5) is 19.3. The third-order valence-electron chi connectivity index (χ3n) is 3.72. The lowest BCUT2D eigenvalue weighted by molar-refractivity contribution is 0.0995. The first-order valence-electron chi connectivity index (χ1n) is 8.01. The number of imidazole rings is 1. The van der Waals surface area contributed by atoms with Gasteiger partial charge in [-0.1, -0.05) is 0 Å². The molecule has 0 saturated heterocycles. The van der Waals surface area contributed by atoms with Gasteiger partial charge in [-0.05, 0) is 31.9 Å². The van der Waals surface area contributed by atoms with E-state index in [2.05, 4.69) is 9.97 Å². The minimum Gasteiger partial charge on any atom is -0.494 e. The molecule has 0 aliphatic heterocycles. The second-order valence-electron chi connectivity index (χ2n) is 5.83. The molecule has 0 unspecified atom stereocenters. The molecule has 8 heteroatoms. The summed E-state index contributed by atoms with van der Waals surface area (Å²) in [5, 5.41) is 11.1. The van der Waals surface area contributed by atoms with E-state index in [1.807, 2.05) is 25.1 Å². The molecule has 3 N–H and O–H groups in total. The molecule has 25 heavy (non-hydrogen) atoms. The SMILES string of the molecule is Cc1nc2cc(OCCC[C@H](O)Cn3cnc(C(N)=O)c3)ccc2s1. The van der Waals surface area contributed by atoms with E-state index in [4.69, 9.17) is 10.5 Å². The Kier molecular flexibility index (Phi) is 5.30. The van der Waals surface area contributed by atoms with E-state index in [0.29, 0.717) is 26.0 Å². The van der Waals surface area contributed by atoms with E-state index in [9.17, 15) is 9.90 Å². The quantitative estimate of drug-likeness (QED) is 0.599. The number of carbonyl (C=O) groups excluding carboxylic acids is 1. The van der Waals surface area contributed by atoms with E-state index in [1.54, 1.807) is 15.9 Å². The van der Waals surface area contributed by atoms with Crippen molar-refractivity contribution in [3.63, 3.8) is 0 Å². The summed E-state index contributed by atoms with van der Waals surface area (Å²) in [6.45, 7) is 2.87. The van der Waals surface area contributed by atoms with Crippen LogP contribution in [0.25, 0.3) is 10.2 Å². The number of amides is 1. The van der Waals surface area contributed by atoms with Crippen LogP contribution in [0.15, 0.2) is 30.7 Å². The predicted octanol–water partition coefficient (Wildman–Crippen LogP) is 2.12. The Morgan fingerprint density at radius 1 is 1.48 bits per heavy atom. The average molecular weight is 360 g/mol. The van der Waals surface area contributed by atoms with E-state index >= 15 is 0 Å². The van der Waals surface area contributed by atoms with Crippen molar-refractivity contribution in [2.75, 3.05) is 6.61 Å². The van der Waals surface area contributed by atoms with Gasteiger partial charge in [-0.2, -0.15) is 0 Å². The third kappa shape index (κ3) is 4.55. The molecule has 3 aromatic rings. The number of aromatic nitrogens is 3. The number of carbonyl (C=O) groups is 1. The van der Waals surface area contributed by atoms with Gasteiger partial charge < -0.3 is 20.1 Å². The third-order valence-corrected chi connectivity index (χ3v) is 4.68. The fraction of sp³-hybridized carbons (Fsp3) is 0.353. The molecule has 7 nitrogen and oxygen atoms in total. The van der Waals surface area contributed by atoms with Crippen molar-refractivity contribution < 1.29 is 14.6 Å². The van der Waals surface area contributed by atoms with Crippen LogP contribution in [0.1, 0.15) is 28.3 Å². The minimum atomic E-state index is -0.575. The summed E-state index contributed by atoms with van der Waals surface area (Å²) >= 11 is 1.66. The van der Waals surface area contributed by atoms with Crippen molar-refractivity contribution in [2.24, 2.45) is 5.73 Å². The maximum Gasteiger partial charge on any atom is 0.268 e.